The molecule has 1 fully saturated rings. The van der Waals surface area contributed by atoms with E-state index in [9.17, 15) is 9.90 Å². The van der Waals surface area contributed by atoms with Gasteiger partial charge in [0.25, 0.3) is 0 Å². The van der Waals surface area contributed by atoms with Crippen LogP contribution in [0.25, 0.3) is 0 Å². The van der Waals surface area contributed by atoms with Crippen molar-refractivity contribution >= 4 is 17.7 Å². The summed E-state index contributed by atoms with van der Waals surface area (Å²) in [5.74, 6) is 0.199. The Hall–Kier alpha value is -0.220. The van der Waals surface area contributed by atoms with Crippen LogP contribution in [0.3, 0.4) is 0 Å². The number of carboxylic acid groups (broad SMARTS) is 1. The van der Waals surface area contributed by atoms with Crippen molar-refractivity contribution in [3.63, 3.8) is 0 Å². The average Bonchev–Trinajstić information content (AvgIpc) is 2.66. The van der Waals surface area contributed by atoms with E-state index in [4.69, 9.17) is 5.73 Å². The summed E-state index contributed by atoms with van der Waals surface area (Å²) in [6.45, 7) is 0. The van der Waals surface area contributed by atoms with Crippen molar-refractivity contribution in [2.75, 3.05) is 12.0 Å². The molecule has 1 aliphatic carbocycles. The van der Waals surface area contributed by atoms with Gasteiger partial charge in [0, 0.05) is 0 Å². The summed E-state index contributed by atoms with van der Waals surface area (Å²) in [6, 6.07) is 0. The number of carbonyl (C=O) groups is 1. The van der Waals surface area contributed by atoms with Gasteiger partial charge in [0.1, 0.15) is 5.54 Å². The quantitative estimate of drug-likeness (QED) is 0.736. The van der Waals surface area contributed by atoms with E-state index < -0.39 is 11.5 Å². The number of nitrogens with two attached hydrogens (primary N) is 1. The average molecular weight is 217 g/mol. The second kappa shape index (κ2) is 5.03. The molecule has 0 spiro atoms. The summed E-state index contributed by atoms with van der Waals surface area (Å²) < 4.78 is 0. The summed E-state index contributed by atoms with van der Waals surface area (Å²) >= 11 is 1.66. The SMILES string of the molecule is CSCCC(N)(C(=O)O)C1CCCC1. The summed E-state index contributed by atoms with van der Waals surface area (Å²) in [7, 11) is 0. The van der Waals surface area contributed by atoms with Crippen LogP contribution in [-0.2, 0) is 4.79 Å². The molecule has 0 amide bonds. The molecule has 0 radical (unpaired) electrons. The van der Waals surface area contributed by atoms with E-state index >= 15 is 0 Å². The molecule has 0 heterocycles. The molecule has 0 bridgehead atoms. The zero-order valence-electron chi connectivity index (χ0n) is 8.66. The summed E-state index contributed by atoms with van der Waals surface area (Å²) in [6.07, 6.45) is 6.81. The van der Waals surface area contributed by atoms with Crippen LogP contribution < -0.4 is 5.73 Å². The van der Waals surface area contributed by atoms with E-state index in [0.717, 1.165) is 31.4 Å². The first-order valence-corrected chi connectivity index (χ1v) is 6.52. The Morgan fingerprint density at radius 2 is 2.14 bits per heavy atom. The van der Waals surface area contributed by atoms with Crippen molar-refractivity contribution in [3.05, 3.63) is 0 Å². The molecule has 0 aromatic rings. The molecule has 0 aromatic carbocycles. The Labute approximate surface area is 89.4 Å². The maximum Gasteiger partial charge on any atom is 0.323 e. The first-order chi connectivity index (χ1) is 6.61. The maximum absolute atomic E-state index is 11.2. The van der Waals surface area contributed by atoms with Gasteiger partial charge in [-0.2, -0.15) is 11.8 Å². The third-order valence-corrected chi connectivity index (χ3v) is 3.81. The van der Waals surface area contributed by atoms with Crippen LogP contribution in [0, 0.1) is 5.92 Å². The van der Waals surface area contributed by atoms with E-state index in [2.05, 4.69) is 0 Å². The minimum atomic E-state index is -0.973. The lowest BCUT2D eigenvalue weighted by molar-refractivity contribution is -0.145. The predicted octanol–water partition coefficient (Wildman–Crippen LogP) is 1.71. The van der Waals surface area contributed by atoms with Gasteiger partial charge in [-0.1, -0.05) is 12.8 Å². The molecular formula is C10H19NO2S. The van der Waals surface area contributed by atoms with E-state index in [1.807, 2.05) is 6.26 Å². The highest BCUT2D eigenvalue weighted by molar-refractivity contribution is 7.98. The van der Waals surface area contributed by atoms with Crippen LogP contribution in [-0.4, -0.2) is 28.6 Å². The van der Waals surface area contributed by atoms with Crippen molar-refractivity contribution < 1.29 is 9.90 Å². The van der Waals surface area contributed by atoms with Crippen molar-refractivity contribution in [3.8, 4) is 0 Å². The van der Waals surface area contributed by atoms with E-state index in [1.54, 1.807) is 11.8 Å². The van der Waals surface area contributed by atoms with Crippen molar-refractivity contribution in [1.82, 2.24) is 0 Å². The van der Waals surface area contributed by atoms with Gasteiger partial charge < -0.3 is 10.8 Å². The highest BCUT2D eigenvalue weighted by Crippen LogP contribution is 2.35. The van der Waals surface area contributed by atoms with Crippen LogP contribution in [0.15, 0.2) is 0 Å². The Morgan fingerprint density at radius 3 is 2.57 bits per heavy atom. The Kier molecular flexibility index (Phi) is 4.26. The zero-order valence-corrected chi connectivity index (χ0v) is 9.48. The molecule has 1 rings (SSSR count). The second-order valence-corrected chi connectivity index (χ2v) is 5.06. The van der Waals surface area contributed by atoms with Crippen LogP contribution in [0.5, 0.6) is 0 Å². The van der Waals surface area contributed by atoms with Crippen LogP contribution in [0.2, 0.25) is 0 Å². The lowest BCUT2D eigenvalue weighted by atomic mass is 9.81. The molecule has 82 valence electrons. The minimum Gasteiger partial charge on any atom is -0.480 e. The molecule has 1 saturated carbocycles. The minimum absolute atomic E-state index is 0.187. The summed E-state index contributed by atoms with van der Waals surface area (Å²) in [4.78, 5) is 11.2. The standard InChI is InChI=1S/C10H19NO2S/c1-14-7-6-10(11,9(12)13)8-4-2-3-5-8/h8H,2-7,11H2,1H3,(H,12,13). The van der Waals surface area contributed by atoms with Gasteiger partial charge in [0.05, 0.1) is 0 Å². The van der Waals surface area contributed by atoms with Crippen LogP contribution in [0.4, 0.5) is 0 Å². The molecule has 0 aliphatic heterocycles. The number of hydrogen-bond donors (Lipinski definition) is 2. The van der Waals surface area contributed by atoms with Gasteiger partial charge in [0.15, 0.2) is 0 Å². The van der Waals surface area contributed by atoms with Gasteiger partial charge in [-0.25, -0.2) is 0 Å². The third kappa shape index (κ3) is 2.42. The normalized spacial score (nSPS) is 22.1. The largest absolute Gasteiger partial charge is 0.480 e. The van der Waals surface area contributed by atoms with E-state index in [0.29, 0.717) is 6.42 Å². The number of aliphatic carboxylic acids is 1. The monoisotopic (exact) mass is 217 g/mol. The smallest absolute Gasteiger partial charge is 0.323 e. The van der Waals surface area contributed by atoms with E-state index in [1.165, 1.54) is 0 Å². The number of hydrogen-bond acceptors (Lipinski definition) is 3. The Morgan fingerprint density at radius 1 is 1.57 bits per heavy atom. The van der Waals surface area contributed by atoms with Crippen molar-refractivity contribution in [2.45, 2.75) is 37.6 Å². The predicted molar refractivity (Wildman–Crippen MR) is 59.5 cm³/mol. The summed E-state index contributed by atoms with van der Waals surface area (Å²) in [5.41, 5.74) is 5.05. The Balaban J connectivity index is 2.64. The van der Waals surface area contributed by atoms with Gasteiger partial charge in [-0.15, -0.1) is 0 Å². The Bertz CT molecular complexity index is 204. The maximum atomic E-state index is 11.2. The van der Waals surface area contributed by atoms with Gasteiger partial charge in [-0.3, -0.25) is 4.79 Å². The topological polar surface area (TPSA) is 63.3 Å². The molecule has 1 atom stereocenters. The fourth-order valence-corrected chi connectivity index (χ4v) is 2.74. The number of thioether (sulfide) groups is 1. The fraction of sp³-hybridized carbons (Fsp3) is 0.900. The lowest BCUT2D eigenvalue weighted by Gasteiger charge is -2.30. The zero-order chi connectivity index (χ0) is 10.6. The van der Waals surface area contributed by atoms with Crippen molar-refractivity contribution in [1.29, 1.82) is 0 Å². The van der Waals surface area contributed by atoms with Gasteiger partial charge in [-0.05, 0) is 37.2 Å². The molecule has 3 nitrogen and oxygen atoms in total. The van der Waals surface area contributed by atoms with Gasteiger partial charge in [0.2, 0.25) is 0 Å². The molecular weight excluding hydrogens is 198 g/mol. The second-order valence-electron chi connectivity index (χ2n) is 4.07. The molecule has 0 aromatic heterocycles. The fourth-order valence-electron chi connectivity index (χ4n) is 2.20. The molecule has 0 saturated heterocycles. The number of carboxylic acids is 1. The highest BCUT2D eigenvalue weighted by Gasteiger charge is 2.42. The summed E-state index contributed by atoms with van der Waals surface area (Å²) in [5, 5.41) is 9.19. The lowest BCUT2D eigenvalue weighted by Crippen LogP contribution is -2.53. The van der Waals surface area contributed by atoms with Crippen LogP contribution >= 0.6 is 11.8 Å². The third-order valence-electron chi connectivity index (χ3n) is 3.20. The molecule has 3 N–H and O–H groups in total. The first-order valence-electron chi connectivity index (χ1n) is 5.12. The molecule has 1 aliphatic rings. The first kappa shape index (κ1) is 11.9. The highest BCUT2D eigenvalue weighted by atomic mass is 32.2. The van der Waals surface area contributed by atoms with Crippen LogP contribution in [0.1, 0.15) is 32.1 Å². The molecule has 4 heteroatoms. The van der Waals surface area contributed by atoms with Crippen molar-refractivity contribution in [2.24, 2.45) is 11.7 Å². The van der Waals surface area contributed by atoms with Gasteiger partial charge >= 0.3 is 5.97 Å². The molecule has 14 heavy (non-hydrogen) atoms. The van der Waals surface area contributed by atoms with E-state index in [-0.39, 0.29) is 5.92 Å². The molecule has 1 unspecified atom stereocenters. The number of rotatable bonds is 5.